The molecule has 0 spiro atoms. The Balaban J connectivity index is 2.26. The fourth-order valence-electron chi connectivity index (χ4n) is 2.04. The number of aromatic nitrogens is 2. The van der Waals surface area contributed by atoms with Crippen LogP contribution in [-0.4, -0.2) is 9.97 Å². The van der Waals surface area contributed by atoms with Gasteiger partial charge in [0.25, 0.3) is 0 Å². The molecule has 2 nitrogen and oxygen atoms in total. The average Bonchev–Trinajstić information content (AvgIpc) is 2.91. The topological polar surface area (TPSA) is 28.7 Å². The largest absolute Gasteiger partial charge is 0.426 e. The smallest absolute Gasteiger partial charge is 0.359 e. The molecular weight excluding hydrogens is 273 g/mol. The molecule has 98 valence electrons. The SMILES string of the molecule is Cc1ccc2[nH]cc(-c3ccsc3C(F)(F)F)c2n1. The summed E-state index contributed by atoms with van der Waals surface area (Å²) in [6.45, 7) is 1.81. The molecule has 0 fully saturated rings. The van der Waals surface area contributed by atoms with Crippen molar-refractivity contribution in [1.29, 1.82) is 0 Å². The van der Waals surface area contributed by atoms with Crippen LogP contribution in [0.5, 0.6) is 0 Å². The Labute approximate surface area is 110 Å². The van der Waals surface area contributed by atoms with Gasteiger partial charge in [-0.15, -0.1) is 11.3 Å². The van der Waals surface area contributed by atoms with Gasteiger partial charge in [0.2, 0.25) is 0 Å². The summed E-state index contributed by atoms with van der Waals surface area (Å²) in [7, 11) is 0. The van der Waals surface area contributed by atoms with Gasteiger partial charge in [-0.3, -0.25) is 4.98 Å². The molecule has 0 aliphatic carbocycles. The number of nitrogens with one attached hydrogen (secondary N) is 1. The van der Waals surface area contributed by atoms with Crippen molar-refractivity contribution in [2.45, 2.75) is 13.1 Å². The third-order valence-corrected chi connectivity index (χ3v) is 3.83. The van der Waals surface area contributed by atoms with E-state index in [0.29, 0.717) is 22.4 Å². The Bertz CT molecular complexity index is 740. The van der Waals surface area contributed by atoms with Gasteiger partial charge in [0.1, 0.15) is 4.88 Å². The lowest BCUT2D eigenvalue weighted by Crippen LogP contribution is -2.03. The molecule has 0 amide bonds. The first kappa shape index (κ1) is 12.2. The standard InChI is InChI=1S/C13H9F3N2S/c1-7-2-3-10-11(18-7)9(6-17-10)8-4-5-19-12(8)13(14,15)16/h2-6,17H,1H3. The van der Waals surface area contributed by atoms with Crippen molar-refractivity contribution in [1.82, 2.24) is 9.97 Å². The van der Waals surface area contributed by atoms with Gasteiger partial charge >= 0.3 is 6.18 Å². The molecule has 0 unspecified atom stereocenters. The van der Waals surface area contributed by atoms with Crippen molar-refractivity contribution in [3.63, 3.8) is 0 Å². The normalized spacial score (nSPS) is 12.2. The highest BCUT2D eigenvalue weighted by Gasteiger charge is 2.35. The number of H-pyrrole nitrogens is 1. The number of thiophene rings is 1. The second-order valence-corrected chi connectivity index (χ2v) is 5.13. The number of rotatable bonds is 1. The first-order valence-electron chi connectivity index (χ1n) is 5.56. The Morgan fingerprint density at radius 1 is 1.16 bits per heavy atom. The van der Waals surface area contributed by atoms with Crippen LogP contribution < -0.4 is 0 Å². The second-order valence-electron chi connectivity index (χ2n) is 4.21. The van der Waals surface area contributed by atoms with E-state index in [1.165, 1.54) is 11.4 Å². The van der Waals surface area contributed by atoms with E-state index in [4.69, 9.17) is 0 Å². The Morgan fingerprint density at radius 2 is 1.95 bits per heavy atom. The maximum atomic E-state index is 12.9. The van der Waals surface area contributed by atoms with Crippen LogP contribution in [0.3, 0.4) is 0 Å². The van der Waals surface area contributed by atoms with Gasteiger partial charge in [-0.2, -0.15) is 13.2 Å². The molecule has 0 saturated carbocycles. The fraction of sp³-hybridized carbons (Fsp3) is 0.154. The molecule has 0 bridgehead atoms. The summed E-state index contributed by atoms with van der Waals surface area (Å²) in [5, 5.41) is 1.45. The van der Waals surface area contributed by atoms with Crippen LogP contribution in [0.1, 0.15) is 10.6 Å². The van der Waals surface area contributed by atoms with E-state index in [2.05, 4.69) is 9.97 Å². The average molecular weight is 282 g/mol. The summed E-state index contributed by atoms with van der Waals surface area (Å²) in [6.07, 6.45) is -2.76. The molecule has 1 N–H and O–H groups in total. The van der Waals surface area contributed by atoms with Crippen LogP contribution >= 0.6 is 11.3 Å². The molecule has 3 rings (SSSR count). The highest BCUT2D eigenvalue weighted by molar-refractivity contribution is 7.10. The number of pyridine rings is 1. The minimum atomic E-state index is -4.34. The lowest BCUT2D eigenvalue weighted by Gasteiger charge is -2.06. The summed E-state index contributed by atoms with van der Waals surface area (Å²) >= 11 is 0.701. The number of hydrogen-bond donors (Lipinski definition) is 1. The van der Waals surface area contributed by atoms with E-state index in [1.807, 2.05) is 19.1 Å². The molecule has 6 heteroatoms. The molecule has 3 aromatic rings. The summed E-state index contributed by atoms with van der Waals surface area (Å²) in [5.41, 5.74) is 2.76. The minimum absolute atomic E-state index is 0.182. The van der Waals surface area contributed by atoms with Crippen LogP contribution in [-0.2, 0) is 6.18 Å². The summed E-state index contributed by atoms with van der Waals surface area (Å²) in [6, 6.07) is 5.13. The van der Waals surface area contributed by atoms with Crippen LogP contribution in [0.15, 0.2) is 29.8 Å². The van der Waals surface area contributed by atoms with E-state index < -0.39 is 11.1 Å². The molecule has 19 heavy (non-hydrogen) atoms. The van der Waals surface area contributed by atoms with Crippen molar-refractivity contribution < 1.29 is 13.2 Å². The van der Waals surface area contributed by atoms with Crippen molar-refractivity contribution >= 4 is 22.4 Å². The monoisotopic (exact) mass is 282 g/mol. The number of alkyl halides is 3. The lowest BCUT2D eigenvalue weighted by molar-refractivity contribution is -0.133. The maximum Gasteiger partial charge on any atom is 0.426 e. The van der Waals surface area contributed by atoms with Gasteiger partial charge in [-0.25, -0.2) is 0 Å². The predicted molar refractivity (Wildman–Crippen MR) is 69.1 cm³/mol. The van der Waals surface area contributed by atoms with E-state index in [-0.39, 0.29) is 5.56 Å². The van der Waals surface area contributed by atoms with Crippen LogP contribution in [0.4, 0.5) is 13.2 Å². The number of aromatic amines is 1. The highest BCUT2D eigenvalue weighted by atomic mass is 32.1. The molecule has 3 heterocycles. The van der Waals surface area contributed by atoms with Gasteiger partial charge in [0, 0.05) is 23.0 Å². The van der Waals surface area contributed by atoms with Gasteiger partial charge in [-0.05, 0) is 30.5 Å². The fourth-order valence-corrected chi connectivity index (χ4v) is 2.82. The van der Waals surface area contributed by atoms with Crippen molar-refractivity contribution in [3.05, 3.63) is 40.3 Å². The van der Waals surface area contributed by atoms with Crippen molar-refractivity contribution in [3.8, 4) is 11.1 Å². The maximum absolute atomic E-state index is 12.9. The number of halogens is 3. The molecule has 0 atom stereocenters. The molecule has 0 aliphatic rings. The van der Waals surface area contributed by atoms with Crippen LogP contribution in [0.2, 0.25) is 0 Å². The van der Waals surface area contributed by atoms with E-state index in [1.54, 1.807) is 6.20 Å². The van der Waals surface area contributed by atoms with Gasteiger partial charge < -0.3 is 4.98 Å². The summed E-state index contributed by atoms with van der Waals surface area (Å²) in [4.78, 5) is 6.69. The van der Waals surface area contributed by atoms with Gasteiger partial charge in [-0.1, -0.05) is 0 Å². The number of nitrogens with zero attached hydrogens (tertiary/aromatic N) is 1. The Kier molecular flexibility index (Phi) is 2.63. The van der Waals surface area contributed by atoms with E-state index >= 15 is 0 Å². The molecular formula is C13H9F3N2S. The molecule has 0 saturated heterocycles. The van der Waals surface area contributed by atoms with E-state index in [9.17, 15) is 13.2 Å². The third kappa shape index (κ3) is 2.02. The van der Waals surface area contributed by atoms with E-state index in [0.717, 1.165) is 11.2 Å². The lowest BCUT2D eigenvalue weighted by atomic mass is 10.1. The van der Waals surface area contributed by atoms with Crippen molar-refractivity contribution in [2.75, 3.05) is 0 Å². The first-order valence-corrected chi connectivity index (χ1v) is 6.44. The summed E-state index contributed by atoms with van der Waals surface area (Å²) < 4.78 is 38.8. The predicted octanol–water partition coefficient (Wildman–Crippen LogP) is 4.62. The Hall–Kier alpha value is -1.82. The van der Waals surface area contributed by atoms with Crippen LogP contribution in [0.25, 0.3) is 22.2 Å². The zero-order chi connectivity index (χ0) is 13.6. The zero-order valence-corrected chi connectivity index (χ0v) is 10.7. The van der Waals surface area contributed by atoms with Gasteiger partial charge in [0.15, 0.2) is 0 Å². The van der Waals surface area contributed by atoms with Crippen LogP contribution in [0, 0.1) is 6.92 Å². The molecule has 3 aromatic heterocycles. The first-order chi connectivity index (χ1) is 8.97. The number of hydrogen-bond acceptors (Lipinski definition) is 2. The molecule has 0 aromatic carbocycles. The summed E-state index contributed by atoms with van der Waals surface area (Å²) in [5.74, 6) is 0. The second kappa shape index (κ2) is 4.09. The quantitative estimate of drug-likeness (QED) is 0.693. The highest BCUT2D eigenvalue weighted by Crippen LogP contribution is 2.42. The molecule has 0 aliphatic heterocycles. The third-order valence-electron chi connectivity index (χ3n) is 2.87. The van der Waals surface area contributed by atoms with Crippen molar-refractivity contribution in [2.24, 2.45) is 0 Å². The number of aryl methyl sites for hydroxylation is 1. The zero-order valence-electron chi connectivity index (χ0n) is 9.88. The minimum Gasteiger partial charge on any atom is -0.359 e. The molecule has 0 radical (unpaired) electrons. The Morgan fingerprint density at radius 3 is 2.68 bits per heavy atom. The van der Waals surface area contributed by atoms with Gasteiger partial charge in [0.05, 0.1) is 11.0 Å². The number of fused-ring (bicyclic) bond motifs is 1.